The van der Waals surface area contributed by atoms with Gasteiger partial charge in [0.15, 0.2) is 0 Å². The Morgan fingerprint density at radius 1 is 1.60 bits per heavy atom. The van der Waals surface area contributed by atoms with Gasteiger partial charge in [0.1, 0.15) is 12.9 Å². The maximum absolute atomic E-state index is 5.46. The SMILES string of the molecule is CO/N=C(\N)CCC(C)C. The largest absolute Gasteiger partial charge is 0.398 e. The lowest BCUT2D eigenvalue weighted by Crippen LogP contribution is -2.12. The molecule has 0 spiro atoms. The zero-order chi connectivity index (χ0) is 7.98. The zero-order valence-electron chi connectivity index (χ0n) is 6.92. The van der Waals surface area contributed by atoms with Crippen molar-refractivity contribution in [1.82, 2.24) is 0 Å². The Labute approximate surface area is 62.2 Å². The molecule has 60 valence electrons. The fourth-order valence-electron chi connectivity index (χ4n) is 0.599. The van der Waals surface area contributed by atoms with E-state index in [0.717, 1.165) is 12.8 Å². The summed E-state index contributed by atoms with van der Waals surface area (Å²) in [4.78, 5) is 4.50. The fourth-order valence-corrected chi connectivity index (χ4v) is 0.599. The molecule has 3 heteroatoms. The number of hydrogen-bond acceptors (Lipinski definition) is 2. The standard InChI is InChI=1S/C7H16N2O/c1-6(2)4-5-7(8)9-10-3/h6H,4-5H2,1-3H3,(H2,8,9). The molecule has 0 saturated carbocycles. The van der Waals surface area contributed by atoms with Crippen LogP contribution in [0.15, 0.2) is 5.16 Å². The van der Waals surface area contributed by atoms with Gasteiger partial charge in [-0.15, -0.1) is 0 Å². The second-order valence-electron chi connectivity index (χ2n) is 2.70. The van der Waals surface area contributed by atoms with Gasteiger partial charge in [-0.3, -0.25) is 0 Å². The monoisotopic (exact) mass is 144 g/mol. The summed E-state index contributed by atoms with van der Waals surface area (Å²) >= 11 is 0. The maximum atomic E-state index is 5.46. The molecule has 0 fully saturated rings. The van der Waals surface area contributed by atoms with Gasteiger partial charge < -0.3 is 10.6 Å². The summed E-state index contributed by atoms with van der Waals surface area (Å²) < 4.78 is 0. The molecule has 0 aromatic heterocycles. The number of hydrogen-bond donors (Lipinski definition) is 1. The highest BCUT2D eigenvalue weighted by molar-refractivity contribution is 5.79. The molecule has 10 heavy (non-hydrogen) atoms. The van der Waals surface area contributed by atoms with Crippen LogP contribution in [-0.4, -0.2) is 12.9 Å². The maximum Gasteiger partial charge on any atom is 0.139 e. The average Bonchev–Trinajstić information content (AvgIpc) is 1.85. The van der Waals surface area contributed by atoms with E-state index in [2.05, 4.69) is 23.8 Å². The number of nitrogens with zero attached hydrogens (tertiary/aromatic N) is 1. The first-order chi connectivity index (χ1) is 4.66. The van der Waals surface area contributed by atoms with E-state index in [4.69, 9.17) is 5.73 Å². The van der Waals surface area contributed by atoms with Crippen LogP contribution in [0.25, 0.3) is 0 Å². The number of oxime groups is 1. The van der Waals surface area contributed by atoms with Crippen molar-refractivity contribution in [3.63, 3.8) is 0 Å². The molecule has 0 aromatic rings. The Kier molecular flexibility index (Phi) is 4.72. The van der Waals surface area contributed by atoms with Crippen LogP contribution in [0.1, 0.15) is 26.7 Å². The molecule has 0 aliphatic carbocycles. The van der Waals surface area contributed by atoms with E-state index in [1.165, 1.54) is 7.11 Å². The van der Waals surface area contributed by atoms with Crippen LogP contribution >= 0.6 is 0 Å². The summed E-state index contributed by atoms with van der Waals surface area (Å²) in [6.45, 7) is 4.31. The van der Waals surface area contributed by atoms with Crippen molar-refractivity contribution < 1.29 is 4.84 Å². The fraction of sp³-hybridized carbons (Fsp3) is 0.857. The summed E-state index contributed by atoms with van der Waals surface area (Å²) in [5.41, 5.74) is 5.46. The molecule has 0 rings (SSSR count). The molecule has 0 bridgehead atoms. The molecule has 2 N–H and O–H groups in total. The average molecular weight is 144 g/mol. The topological polar surface area (TPSA) is 47.6 Å². The molecule has 0 heterocycles. The minimum Gasteiger partial charge on any atom is -0.398 e. The van der Waals surface area contributed by atoms with E-state index >= 15 is 0 Å². The molecule has 0 atom stereocenters. The van der Waals surface area contributed by atoms with Crippen molar-refractivity contribution in [3.8, 4) is 0 Å². The van der Waals surface area contributed by atoms with Crippen molar-refractivity contribution in [1.29, 1.82) is 0 Å². The summed E-state index contributed by atoms with van der Waals surface area (Å²) in [7, 11) is 1.50. The molecule has 0 aromatic carbocycles. The van der Waals surface area contributed by atoms with Crippen LogP contribution in [0.3, 0.4) is 0 Å². The van der Waals surface area contributed by atoms with Gasteiger partial charge in [-0.2, -0.15) is 0 Å². The van der Waals surface area contributed by atoms with Gasteiger partial charge in [0.25, 0.3) is 0 Å². The first-order valence-corrected chi connectivity index (χ1v) is 3.52. The van der Waals surface area contributed by atoms with Gasteiger partial charge in [-0.1, -0.05) is 19.0 Å². The van der Waals surface area contributed by atoms with E-state index < -0.39 is 0 Å². The lowest BCUT2D eigenvalue weighted by Gasteiger charge is -2.01. The third-order valence-electron chi connectivity index (χ3n) is 1.19. The Hall–Kier alpha value is -0.730. The van der Waals surface area contributed by atoms with Gasteiger partial charge in [0, 0.05) is 6.42 Å². The second kappa shape index (κ2) is 5.09. The summed E-state index contributed by atoms with van der Waals surface area (Å²) in [5, 5.41) is 3.59. The molecule has 0 unspecified atom stereocenters. The highest BCUT2D eigenvalue weighted by atomic mass is 16.6. The van der Waals surface area contributed by atoms with E-state index in [1.54, 1.807) is 0 Å². The van der Waals surface area contributed by atoms with E-state index in [0.29, 0.717) is 11.8 Å². The molecule has 0 radical (unpaired) electrons. The molecule has 3 nitrogen and oxygen atoms in total. The molecule has 0 amide bonds. The lowest BCUT2D eigenvalue weighted by molar-refractivity contribution is 0.212. The van der Waals surface area contributed by atoms with Crippen molar-refractivity contribution in [3.05, 3.63) is 0 Å². The van der Waals surface area contributed by atoms with Crippen molar-refractivity contribution in [2.75, 3.05) is 7.11 Å². The lowest BCUT2D eigenvalue weighted by atomic mass is 10.1. The Balaban J connectivity index is 3.39. The first kappa shape index (κ1) is 9.27. The zero-order valence-corrected chi connectivity index (χ0v) is 6.92. The smallest absolute Gasteiger partial charge is 0.139 e. The van der Waals surface area contributed by atoms with E-state index in [-0.39, 0.29) is 0 Å². The predicted molar refractivity (Wildman–Crippen MR) is 42.7 cm³/mol. The van der Waals surface area contributed by atoms with Gasteiger partial charge in [-0.05, 0) is 12.3 Å². The highest BCUT2D eigenvalue weighted by Gasteiger charge is 1.96. The quantitative estimate of drug-likeness (QED) is 0.367. The van der Waals surface area contributed by atoms with Crippen LogP contribution in [0.2, 0.25) is 0 Å². The minimum absolute atomic E-state index is 0.580. The Bertz CT molecular complexity index is 110. The second-order valence-corrected chi connectivity index (χ2v) is 2.70. The first-order valence-electron chi connectivity index (χ1n) is 3.52. The Morgan fingerprint density at radius 3 is 2.60 bits per heavy atom. The number of amidine groups is 1. The van der Waals surface area contributed by atoms with Crippen LogP contribution in [-0.2, 0) is 4.84 Å². The van der Waals surface area contributed by atoms with Gasteiger partial charge in [0.05, 0.1) is 0 Å². The van der Waals surface area contributed by atoms with Crippen molar-refractivity contribution in [2.45, 2.75) is 26.7 Å². The summed E-state index contributed by atoms with van der Waals surface area (Å²) in [6.07, 6.45) is 1.89. The van der Waals surface area contributed by atoms with Gasteiger partial charge in [0.2, 0.25) is 0 Å². The van der Waals surface area contributed by atoms with Crippen LogP contribution in [0.4, 0.5) is 0 Å². The molecule has 0 saturated heterocycles. The van der Waals surface area contributed by atoms with Crippen LogP contribution < -0.4 is 5.73 Å². The van der Waals surface area contributed by atoms with Gasteiger partial charge in [-0.25, -0.2) is 0 Å². The van der Waals surface area contributed by atoms with E-state index in [9.17, 15) is 0 Å². The molecular weight excluding hydrogens is 128 g/mol. The van der Waals surface area contributed by atoms with Crippen LogP contribution in [0, 0.1) is 5.92 Å². The van der Waals surface area contributed by atoms with E-state index in [1.807, 2.05) is 0 Å². The van der Waals surface area contributed by atoms with Crippen molar-refractivity contribution in [2.24, 2.45) is 16.8 Å². The molecular formula is C7H16N2O. The predicted octanol–water partition coefficient (Wildman–Crippen LogP) is 1.34. The summed E-state index contributed by atoms with van der Waals surface area (Å²) in [5.74, 6) is 1.25. The Morgan fingerprint density at radius 2 is 2.20 bits per heavy atom. The highest BCUT2D eigenvalue weighted by Crippen LogP contribution is 2.02. The summed E-state index contributed by atoms with van der Waals surface area (Å²) in [6, 6.07) is 0. The number of rotatable bonds is 4. The molecule has 0 aliphatic rings. The number of nitrogens with two attached hydrogens (primary N) is 1. The third-order valence-corrected chi connectivity index (χ3v) is 1.19. The molecule has 0 aliphatic heterocycles. The normalized spacial score (nSPS) is 12.2. The van der Waals surface area contributed by atoms with Gasteiger partial charge >= 0.3 is 0 Å². The van der Waals surface area contributed by atoms with Crippen LogP contribution in [0.5, 0.6) is 0 Å². The third kappa shape index (κ3) is 5.41. The minimum atomic E-state index is 0.580. The van der Waals surface area contributed by atoms with Crippen molar-refractivity contribution >= 4 is 5.84 Å².